The number of aliphatic carboxylic acids is 1. The standard InChI is InChI=1S/C16H21N3O4/c1-18(2)15(21)11-5-3-6-12(9-11)17-14(20)10-19-8-4-7-13(19)16(22)23/h3,5-6,9,13H,4,7-8,10H2,1-2H3,(H,17,20)(H,22,23). The first kappa shape index (κ1) is 17.0. The number of carbonyl (C=O) groups excluding carboxylic acids is 2. The number of hydrogen-bond acceptors (Lipinski definition) is 4. The molecule has 2 N–H and O–H groups in total. The number of carboxylic acid groups (broad SMARTS) is 1. The van der Waals surface area contributed by atoms with Gasteiger partial charge in [0, 0.05) is 25.3 Å². The quantitative estimate of drug-likeness (QED) is 0.841. The maximum absolute atomic E-state index is 12.1. The van der Waals surface area contributed by atoms with E-state index in [1.54, 1.807) is 43.3 Å². The minimum Gasteiger partial charge on any atom is -0.480 e. The van der Waals surface area contributed by atoms with E-state index in [0.717, 1.165) is 6.42 Å². The van der Waals surface area contributed by atoms with Crippen molar-refractivity contribution in [3.05, 3.63) is 29.8 Å². The van der Waals surface area contributed by atoms with E-state index in [4.69, 9.17) is 5.11 Å². The van der Waals surface area contributed by atoms with E-state index in [-0.39, 0.29) is 18.4 Å². The first-order chi connectivity index (χ1) is 10.9. The van der Waals surface area contributed by atoms with Gasteiger partial charge in [-0.3, -0.25) is 19.3 Å². The minimum absolute atomic E-state index is 0.0306. The maximum atomic E-state index is 12.1. The summed E-state index contributed by atoms with van der Waals surface area (Å²) in [4.78, 5) is 38.3. The van der Waals surface area contributed by atoms with Crippen LogP contribution in [0.15, 0.2) is 24.3 Å². The van der Waals surface area contributed by atoms with E-state index in [0.29, 0.717) is 24.2 Å². The number of carboxylic acids is 1. The molecule has 7 heteroatoms. The highest BCUT2D eigenvalue weighted by molar-refractivity contribution is 5.97. The Morgan fingerprint density at radius 2 is 2.09 bits per heavy atom. The fourth-order valence-corrected chi connectivity index (χ4v) is 2.67. The lowest BCUT2D eigenvalue weighted by molar-refractivity contribution is -0.142. The zero-order valence-electron chi connectivity index (χ0n) is 13.3. The fraction of sp³-hybridized carbons (Fsp3) is 0.438. The summed E-state index contributed by atoms with van der Waals surface area (Å²) in [5, 5.41) is 11.8. The Labute approximate surface area is 134 Å². The van der Waals surface area contributed by atoms with Crippen molar-refractivity contribution in [2.45, 2.75) is 18.9 Å². The van der Waals surface area contributed by atoms with Gasteiger partial charge in [0.1, 0.15) is 6.04 Å². The van der Waals surface area contributed by atoms with Gasteiger partial charge in [0.25, 0.3) is 5.91 Å². The van der Waals surface area contributed by atoms with Gasteiger partial charge < -0.3 is 15.3 Å². The number of carbonyl (C=O) groups is 3. The van der Waals surface area contributed by atoms with Crippen LogP contribution in [-0.2, 0) is 9.59 Å². The van der Waals surface area contributed by atoms with Gasteiger partial charge in [-0.1, -0.05) is 6.07 Å². The number of hydrogen-bond donors (Lipinski definition) is 2. The molecule has 1 unspecified atom stereocenters. The van der Waals surface area contributed by atoms with Crippen LogP contribution in [0.2, 0.25) is 0 Å². The van der Waals surface area contributed by atoms with Crippen molar-refractivity contribution in [2.75, 3.05) is 32.5 Å². The second-order valence-corrected chi connectivity index (χ2v) is 5.80. The lowest BCUT2D eigenvalue weighted by Crippen LogP contribution is -2.40. The third-order valence-corrected chi connectivity index (χ3v) is 3.79. The van der Waals surface area contributed by atoms with Crippen molar-refractivity contribution in [1.29, 1.82) is 0 Å². The smallest absolute Gasteiger partial charge is 0.320 e. The van der Waals surface area contributed by atoms with Gasteiger partial charge in [0.05, 0.1) is 6.54 Å². The highest BCUT2D eigenvalue weighted by Crippen LogP contribution is 2.17. The van der Waals surface area contributed by atoms with Crippen LogP contribution in [0.3, 0.4) is 0 Å². The Kier molecular flexibility index (Phi) is 5.33. The second kappa shape index (κ2) is 7.23. The number of nitrogens with one attached hydrogen (secondary N) is 1. The summed E-state index contributed by atoms with van der Waals surface area (Å²) in [6.07, 6.45) is 1.34. The molecule has 124 valence electrons. The van der Waals surface area contributed by atoms with E-state index >= 15 is 0 Å². The molecule has 2 amide bonds. The van der Waals surface area contributed by atoms with Gasteiger partial charge in [-0.25, -0.2) is 0 Å². The molecule has 1 heterocycles. The Morgan fingerprint density at radius 3 is 2.74 bits per heavy atom. The molecular formula is C16H21N3O4. The Morgan fingerprint density at radius 1 is 1.35 bits per heavy atom. The lowest BCUT2D eigenvalue weighted by Gasteiger charge is -2.20. The fourth-order valence-electron chi connectivity index (χ4n) is 2.67. The van der Waals surface area contributed by atoms with Crippen LogP contribution in [0.5, 0.6) is 0 Å². The van der Waals surface area contributed by atoms with E-state index in [1.165, 1.54) is 4.90 Å². The van der Waals surface area contributed by atoms with Crippen molar-refractivity contribution in [1.82, 2.24) is 9.80 Å². The predicted octanol–water partition coefficient (Wildman–Crippen LogP) is 0.876. The van der Waals surface area contributed by atoms with Crippen molar-refractivity contribution in [2.24, 2.45) is 0 Å². The molecule has 0 aromatic heterocycles. The summed E-state index contributed by atoms with van der Waals surface area (Å²) < 4.78 is 0. The van der Waals surface area contributed by atoms with Crippen LogP contribution < -0.4 is 5.32 Å². The number of amides is 2. The molecule has 0 saturated carbocycles. The van der Waals surface area contributed by atoms with Gasteiger partial charge in [-0.15, -0.1) is 0 Å². The molecular weight excluding hydrogens is 298 g/mol. The largest absolute Gasteiger partial charge is 0.480 e. The number of nitrogens with zero attached hydrogens (tertiary/aromatic N) is 2. The van der Waals surface area contributed by atoms with Crippen LogP contribution in [0.25, 0.3) is 0 Å². The highest BCUT2D eigenvalue weighted by Gasteiger charge is 2.31. The van der Waals surface area contributed by atoms with Crippen LogP contribution in [0, 0.1) is 0 Å². The summed E-state index contributed by atoms with van der Waals surface area (Å²) in [6.45, 7) is 0.631. The van der Waals surface area contributed by atoms with Crippen molar-refractivity contribution in [3.8, 4) is 0 Å². The van der Waals surface area contributed by atoms with E-state index in [1.807, 2.05) is 0 Å². The first-order valence-corrected chi connectivity index (χ1v) is 7.47. The van der Waals surface area contributed by atoms with Crippen molar-refractivity contribution in [3.63, 3.8) is 0 Å². The highest BCUT2D eigenvalue weighted by atomic mass is 16.4. The summed E-state index contributed by atoms with van der Waals surface area (Å²) >= 11 is 0. The number of rotatable bonds is 5. The molecule has 2 rings (SSSR count). The minimum atomic E-state index is -0.895. The molecule has 0 bridgehead atoms. The average Bonchev–Trinajstić information content (AvgIpc) is 2.94. The van der Waals surface area contributed by atoms with Gasteiger partial charge in [-0.2, -0.15) is 0 Å². The van der Waals surface area contributed by atoms with Gasteiger partial charge >= 0.3 is 5.97 Å². The Hall–Kier alpha value is -2.41. The molecule has 1 aliphatic heterocycles. The molecule has 0 radical (unpaired) electrons. The molecule has 1 atom stereocenters. The Bertz CT molecular complexity index is 615. The molecule has 1 fully saturated rings. The zero-order valence-corrected chi connectivity index (χ0v) is 13.3. The monoisotopic (exact) mass is 319 g/mol. The first-order valence-electron chi connectivity index (χ1n) is 7.47. The van der Waals surface area contributed by atoms with Gasteiger partial charge in [0.2, 0.25) is 5.91 Å². The normalized spacial score (nSPS) is 17.7. The molecule has 7 nitrogen and oxygen atoms in total. The third kappa shape index (κ3) is 4.29. The second-order valence-electron chi connectivity index (χ2n) is 5.80. The number of anilines is 1. The van der Waals surface area contributed by atoms with E-state index < -0.39 is 12.0 Å². The third-order valence-electron chi connectivity index (χ3n) is 3.79. The summed E-state index contributed by atoms with van der Waals surface area (Å²) in [7, 11) is 3.32. The number of likely N-dealkylation sites (tertiary alicyclic amines) is 1. The number of benzene rings is 1. The SMILES string of the molecule is CN(C)C(=O)c1cccc(NC(=O)CN2CCCC2C(=O)O)c1. The summed E-state index contributed by atoms with van der Waals surface area (Å²) in [6, 6.07) is 6.09. The molecule has 0 spiro atoms. The Balaban J connectivity index is 1.99. The van der Waals surface area contributed by atoms with E-state index in [9.17, 15) is 14.4 Å². The molecule has 1 aromatic rings. The molecule has 1 saturated heterocycles. The molecule has 1 aliphatic rings. The van der Waals surface area contributed by atoms with Crippen molar-refractivity contribution >= 4 is 23.5 Å². The van der Waals surface area contributed by atoms with E-state index in [2.05, 4.69) is 5.32 Å². The van der Waals surface area contributed by atoms with Crippen LogP contribution >= 0.6 is 0 Å². The average molecular weight is 319 g/mol. The molecule has 23 heavy (non-hydrogen) atoms. The summed E-state index contributed by atoms with van der Waals surface area (Å²) in [5.41, 5.74) is 1.01. The topological polar surface area (TPSA) is 90.0 Å². The summed E-state index contributed by atoms with van der Waals surface area (Å²) in [5.74, 6) is -1.33. The van der Waals surface area contributed by atoms with Crippen LogP contribution in [-0.4, -0.2) is 65.9 Å². The van der Waals surface area contributed by atoms with Gasteiger partial charge in [0.15, 0.2) is 0 Å². The van der Waals surface area contributed by atoms with Crippen LogP contribution in [0.1, 0.15) is 23.2 Å². The zero-order chi connectivity index (χ0) is 17.0. The molecule has 1 aromatic carbocycles. The van der Waals surface area contributed by atoms with Crippen LogP contribution in [0.4, 0.5) is 5.69 Å². The van der Waals surface area contributed by atoms with Crippen molar-refractivity contribution < 1.29 is 19.5 Å². The predicted molar refractivity (Wildman–Crippen MR) is 85.3 cm³/mol. The van der Waals surface area contributed by atoms with Gasteiger partial charge in [-0.05, 0) is 37.6 Å². The lowest BCUT2D eigenvalue weighted by atomic mass is 10.2. The maximum Gasteiger partial charge on any atom is 0.320 e. The molecule has 0 aliphatic carbocycles.